The number of benzene rings is 1. The minimum absolute atomic E-state index is 0.182. The lowest BCUT2D eigenvalue weighted by atomic mass is 10.1. The van der Waals surface area contributed by atoms with E-state index in [1.807, 2.05) is 26.0 Å². The molecule has 0 saturated heterocycles. The fraction of sp³-hybridized carbons (Fsp3) is 0.462. The van der Waals surface area contributed by atoms with Crippen molar-refractivity contribution in [3.05, 3.63) is 33.3 Å². The standard InChI is InChI=1S/C13H18BrNO3/c1-8-5-12(14)9(2)4-11(8)13(17)15-6-10(16)7-18-3/h4-5,10,16H,6-7H2,1-3H3,(H,15,17)/t10-/m1/s1. The van der Waals surface area contributed by atoms with Gasteiger partial charge < -0.3 is 15.2 Å². The van der Waals surface area contributed by atoms with Crippen molar-refractivity contribution in [2.24, 2.45) is 0 Å². The van der Waals surface area contributed by atoms with Crippen LogP contribution >= 0.6 is 15.9 Å². The summed E-state index contributed by atoms with van der Waals surface area (Å²) in [5.74, 6) is -0.182. The van der Waals surface area contributed by atoms with Crippen molar-refractivity contribution in [3.8, 4) is 0 Å². The van der Waals surface area contributed by atoms with E-state index in [2.05, 4.69) is 21.2 Å². The Labute approximate surface area is 115 Å². The summed E-state index contributed by atoms with van der Waals surface area (Å²) in [6.45, 7) is 4.20. The van der Waals surface area contributed by atoms with E-state index < -0.39 is 6.10 Å². The van der Waals surface area contributed by atoms with Gasteiger partial charge in [-0.05, 0) is 37.1 Å². The topological polar surface area (TPSA) is 58.6 Å². The van der Waals surface area contributed by atoms with Gasteiger partial charge in [0.2, 0.25) is 0 Å². The summed E-state index contributed by atoms with van der Waals surface area (Å²) >= 11 is 3.42. The zero-order chi connectivity index (χ0) is 13.7. The summed E-state index contributed by atoms with van der Waals surface area (Å²) < 4.78 is 5.78. The highest BCUT2D eigenvalue weighted by atomic mass is 79.9. The number of aliphatic hydroxyl groups excluding tert-OH is 1. The van der Waals surface area contributed by atoms with Gasteiger partial charge in [0, 0.05) is 23.7 Å². The number of rotatable bonds is 5. The van der Waals surface area contributed by atoms with E-state index in [0.717, 1.165) is 15.6 Å². The van der Waals surface area contributed by atoms with Gasteiger partial charge in [-0.3, -0.25) is 4.79 Å². The Kier molecular flexibility index (Phi) is 5.78. The number of hydrogen-bond acceptors (Lipinski definition) is 3. The predicted octanol–water partition coefficient (Wildman–Crippen LogP) is 1.80. The zero-order valence-corrected chi connectivity index (χ0v) is 12.4. The van der Waals surface area contributed by atoms with Gasteiger partial charge in [0.25, 0.3) is 5.91 Å². The van der Waals surface area contributed by atoms with E-state index in [0.29, 0.717) is 5.56 Å². The number of aliphatic hydroxyl groups is 1. The number of amides is 1. The molecule has 5 heteroatoms. The van der Waals surface area contributed by atoms with Crippen LogP contribution in [0, 0.1) is 13.8 Å². The lowest BCUT2D eigenvalue weighted by Gasteiger charge is -2.13. The molecule has 0 aromatic heterocycles. The summed E-state index contributed by atoms with van der Waals surface area (Å²) in [6.07, 6.45) is -0.684. The molecular weight excluding hydrogens is 298 g/mol. The molecule has 0 heterocycles. The molecule has 1 amide bonds. The highest BCUT2D eigenvalue weighted by Crippen LogP contribution is 2.20. The Bertz CT molecular complexity index is 434. The fourth-order valence-electron chi connectivity index (χ4n) is 1.58. The monoisotopic (exact) mass is 315 g/mol. The molecule has 0 radical (unpaired) electrons. The number of halogens is 1. The third kappa shape index (κ3) is 4.08. The van der Waals surface area contributed by atoms with Crippen LogP contribution in [-0.4, -0.2) is 37.4 Å². The van der Waals surface area contributed by atoms with Crippen LogP contribution < -0.4 is 5.32 Å². The molecule has 1 aromatic carbocycles. The van der Waals surface area contributed by atoms with Crippen LogP contribution in [0.3, 0.4) is 0 Å². The molecule has 0 aliphatic carbocycles. The molecule has 0 aliphatic rings. The summed E-state index contributed by atoms with van der Waals surface area (Å²) in [7, 11) is 1.51. The van der Waals surface area contributed by atoms with E-state index >= 15 is 0 Å². The maximum Gasteiger partial charge on any atom is 0.251 e. The van der Waals surface area contributed by atoms with Crippen molar-refractivity contribution in [2.75, 3.05) is 20.3 Å². The van der Waals surface area contributed by atoms with Gasteiger partial charge in [-0.2, -0.15) is 0 Å². The van der Waals surface area contributed by atoms with Crippen molar-refractivity contribution in [1.82, 2.24) is 5.32 Å². The van der Waals surface area contributed by atoms with Crippen molar-refractivity contribution >= 4 is 21.8 Å². The summed E-state index contributed by atoms with van der Waals surface area (Å²) in [6, 6.07) is 3.74. The first-order chi connectivity index (χ1) is 8.45. The lowest BCUT2D eigenvalue weighted by Crippen LogP contribution is -2.34. The number of carbonyl (C=O) groups is 1. The Hall–Kier alpha value is -0.910. The first-order valence-electron chi connectivity index (χ1n) is 5.67. The van der Waals surface area contributed by atoms with Crippen LogP contribution in [0.4, 0.5) is 0 Å². The maximum absolute atomic E-state index is 12.0. The largest absolute Gasteiger partial charge is 0.389 e. The molecule has 18 heavy (non-hydrogen) atoms. The number of methoxy groups -OCH3 is 1. The van der Waals surface area contributed by atoms with Crippen LogP contribution in [0.2, 0.25) is 0 Å². The number of nitrogens with one attached hydrogen (secondary N) is 1. The van der Waals surface area contributed by atoms with Crippen molar-refractivity contribution in [2.45, 2.75) is 20.0 Å². The van der Waals surface area contributed by atoms with Gasteiger partial charge in [0.05, 0.1) is 12.7 Å². The van der Waals surface area contributed by atoms with E-state index in [1.165, 1.54) is 7.11 Å². The van der Waals surface area contributed by atoms with E-state index in [4.69, 9.17) is 4.74 Å². The van der Waals surface area contributed by atoms with Gasteiger partial charge in [0.1, 0.15) is 0 Å². The molecule has 0 spiro atoms. The van der Waals surface area contributed by atoms with Gasteiger partial charge in [0.15, 0.2) is 0 Å². The molecule has 1 atom stereocenters. The summed E-state index contributed by atoms with van der Waals surface area (Å²) in [4.78, 5) is 12.0. The maximum atomic E-state index is 12.0. The van der Waals surface area contributed by atoms with Crippen LogP contribution in [-0.2, 0) is 4.74 Å². The van der Waals surface area contributed by atoms with Crippen molar-refractivity contribution in [1.29, 1.82) is 0 Å². The summed E-state index contributed by atoms with van der Waals surface area (Å²) in [5, 5.41) is 12.2. The highest BCUT2D eigenvalue weighted by Gasteiger charge is 2.12. The minimum Gasteiger partial charge on any atom is -0.389 e. The van der Waals surface area contributed by atoms with E-state index in [9.17, 15) is 9.90 Å². The van der Waals surface area contributed by atoms with Crippen LogP contribution in [0.15, 0.2) is 16.6 Å². The number of ether oxygens (including phenoxy) is 1. The molecule has 1 rings (SSSR count). The smallest absolute Gasteiger partial charge is 0.251 e. The third-order valence-corrected chi connectivity index (χ3v) is 3.46. The van der Waals surface area contributed by atoms with Crippen LogP contribution in [0.5, 0.6) is 0 Å². The Balaban J connectivity index is 2.70. The van der Waals surface area contributed by atoms with E-state index in [1.54, 1.807) is 0 Å². The van der Waals surface area contributed by atoms with Crippen LogP contribution in [0.25, 0.3) is 0 Å². The second-order valence-corrected chi connectivity index (χ2v) is 5.09. The average Bonchev–Trinajstić information content (AvgIpc) is 2.31. The van der Waals surface area contributed by atoms with Crippen LogP contribution in [0.1, 0.15) is 21.5 Å². The second kappa shape index (κ2) is 6.87. The van der Waals surface area contributed by atoms with E-state index in [-0.39, 0.29) is 19.1 Å². The molecule has 2 N–H and O–H groups in total. The first kappa shape index (κ1) is 15.1. The number of hydrogen-bond donors (Lipinski definition) is 2. The first-order valence-corrected chi connectivity index (χ1v) is 6.47. The molecular formula is C13H18BrNO3. The molecule has 0 saturated carbocycles. The molecule has 0 bridgehead atoms. The Morgan fingerprint density at radius 2 is 2.11 bits per heavy atom. The van der Waals surface area contributed by atoms with Gasteiger partial charge in [-0.15, -0.1) is 0 Å². The molecule has 100 valence electrons. The van der Waals surface area contributed by atoms with Gasteiger partial charge in [-0.1, -0.05) is 15.9 Å². The quantitative estimate of drug-likeness (QED) is 0.871. The predicted molar refractivity (Wildman–Crippen MR) is 73.8 cm³/mol. The molecule has 4 nitrogen and oxygen atoms in total. The normalized spacial score (nSPS) is 12.3. The SMILES string of the molecule is COC[C@H](O)CNC(=O)c1cc(C)c(Br)cc1C. The number of carbonyl (C=O) groups excluding carboxylic acids is 1. The third-order valence-electron chi connectivity index (χ3n) is 2.61. The zero-order valence-electron chi connectivity index (χ0n) is 10.8. The number of aryl methyl sites for hydroxylation is 2. The van der Waals surface area contributed by atoms with Crippen molar-refractivity contribution < 1.29 is 14.6 Å². The Morgan fingerprint density at radius 1 is 1.44 bits per heavy atom. The van der Waals surface area contributed by atoms with Gasteiger partial charge in [-0.25, -0.2) is 0 Å². The van der Waals surface area contributed by atoms with Crippen molar-refractivity contribution in [3.63, 3.8) is 0 Å². The Morgan fingerprint density at radius 3 is 2.72 bits per heavy atom. The minimum atomic E-state index is -0.684. The average molecular weight is 316 g/mol. The highest BCUT2D eigenvalue weighted by molar-refractivity contribution is 9.10. The molecule has 0 aliphatic heterocycles. The lowest BCUT2D eigenvalue weighted by molar-refractivity contribution is 0.0609. The van der Waals surface area contributed by atoms with Gasteiger partial charge >= 0.3 is 0 Å². The molecule has 0 fully saturated rings. The molecule has 0 unspecified atom stereocenters. The second-order valence-electron chi connectivity index (χ2n) is 4.24. The summed E-state index contributed by atoms with van der Waals surface area (Å²) in [5.41, 5.74) is 2.52. The fourth-order valence-corrected chi connectivity index (χ4v) is 2.04. The molecule has 1 aromatic rings.